The number of benzene rings is 2. The Labute approximate surface area is 413 Å². The number of carbonyl (C=O) groups is 4. The van der Waals surface area contributed by atoms with Crippen LogP contribution in [0, 0.1) is 18.3 Å². The number of carbonyl (C=O) groups excluding carboxylic acids is 4. The van der Waals surface area contributed by atoms with Gasteiger partial charge in [-0.15, -0.1) is 0 Å². The van der Waals surface area contributed by atoms with E-state index in [-0.39, 0.29) is 38.0 Å². The normalized spacial score (nSPS) is 36.2. The number of fused-ring (bicyclic) bond motifs is 5. The molecule has 2 aliphatic carbocycles. The van der Waals surface area contributed by atoms with Crippen molar-refractivity contribution in [3.63, 3.8) is 0 Å². The standard InChI is InChI=1S/C54H71FN5O9P/c1-6-51(66)30-34-29-50(4,39-27-35-12-8-9-13-36(35)37(39)17-23-58(31-34)32-51)38-28-40-42(26-33(38)3)57(5)47-53(40)19-24-59-21-11-18-52(7-2,46(53)59)48(64)54(47,67)49(65)56-20-25-68-45(63)41-14-10-22-60(41)43(61)15-16-44(62)69-70-55/h8-9,11-13,18,26,28,34,41,46-48,64,66-67,70H,6-7,10,14-17,19-25,27,29-32H2,1-5H3,(H,56,65)/t34?,41?,46?,47?,48-,50-,51?,52-,53-,54+/m0/s1. The van der Waals surface area contributed by atoms with Gasteiger partial charge in [0.05, 0.1) is 24.6 Å². The summed E-state index contributed by atoms with van der Waals surface area (Å²) in [4.78, 5) is 61.4. The molecular weight excluding hydrogens is 913 g/mol. The van der Waals surface area contributed by atoms with Crippen LogP contribution in [0.5, 0.6) is 0 Å². The summed E-state index contributed by atoms with van der Waals surface area (Å²) in [5.41, 5.74) is 4.70. The first-order chi connectivity index (χ1) is 33.5. The molecule has 0 aromatic heterocycles. The molecule has 12 atom stereocenters. The number of likely N-dealkylation sites (N-methyl/N-ethyl adjacent to an activating group) is 1. The molecule has 3 saturated heterocycles. The predicted molar refractivity (Wildman–Crippen MR) is 265 cm³/mol. The smallest absolute Gasteiger partial charge is 0.328 e. The number of allylic oxidation sites excluding steroid dienone is 1. The van der Waals surface area contributed by atoms with Crippen LogP contribution in [0.3, 0.4) is 0 Å². The second kappa shape index (κ2) is 18.4. The van der Waals surface area contributed by atoms with Crippen LogP contribution in [-0.4, -0.2) is 149 Å². The van der Waals surface area contributed by atoms with E-state index in [2.05, 4.69) is 93.9 Å². The van der Waals surface area contributed by atoms with Crippen molar-refractivity contribution in [3.8, 4) is 0 Å². The van der Waals surface area contributed by atoms with E-state index in [4.69, 9.17) is 4.74 Å². The highest BCUT2D eigenvalue weighted by molar-refractivity contribution is 7.26. The molecule has 8 aliphatic rings. The first-order valence-electron chi connectivity index (χ1n) is 25.8. The highest BCUT2D eigenvalue weighted by atomic mass is 31.1. The first-order valence-corrected chi connectivity index (χ1v) is 26.5. The van der Waals surface area contributed by atoms with Gasteiger partial charge in [-0.25, -0.2) is 4.79 Å². The summed E-state index contributed by atoms with van der Waals surface area (Å²) in [6.07, 6.45) is 8.25. The molecule has 2 aromatic rings. The highest BCUT2D eigenvalue weighted by Crippen LogP contribution is 2.67. The van der Waals surface area contributed by atoms with Crippen LogP contribution in [0.25, 0.3) is 5.57 Å². The zero-order valence-corrected chi connectivity index (χ0v) is 42.4. The van der Waals surface area contributed by atoms with Crippen LogP contribution in [0.1, 0.15) is 113 Å². The van der Waals surface area contributed by atoms with Crippen LogP contribution in [0.4, 0.5) is 9.88 Å². The summed E-state index contributed by atoms with van der Waals surface area (Å²) in [7, 11) is 0.439. The van der Waals surface area contributed by atoms with Crippen molar-refractivity contribution in [3.05, 3.63) is 81.9 Å². The third kappa shape index (κ3) is 7.52. The minimum absolute atomic E-state index is 0.149. The monoisotopic (exact) mass is 983 g/mol. The molecule has 6 heterocycles. The fraction of sp³-hybridized carbons (Fsp3) is 0.630. The lowest BCUT2D eigenvalue weighted by atomic mass is 9.47. The van der Waals surface area contributed by atoms with Crippen molar-refractivity contribution in [2.45, 2.75) is 145 Å². The van der Waals surface area contributed by atoms with Crippen molar-refractivity contribution in [2.24, 2.45) is 11.3 Å². The van der Waals surface area contributed by atoms with E-state index < -0.39 is 78.5 Å². The summed E-state index contributed by atoms with van der Waals surface area (Å²) in [5.74, 6) is -2.40. The van der Waals surface area contributed by atoms with E-state index in [0.717, 1.165) is 62.1 Å². The maximum atomic E-state index is 15.1. The van der Waals surface area contributed by atoms with E-state index in [0.29, 0.717) is 51.7 Å². The molecule has 14 nitrogen and oxygen atoms in total. The number of hydrogen-bond donors (Lipinski definition) is 4. The fourth-order valence-corrected chi connectivity index (χ4v) is 15.9. The number of aryl methyl sites for hydroxylation is 1. The Balaban J connectivity index is 0.987. The number of esters is 1. The van der Waals surface area contributed by atoms with Gasteiger partial charge in [-0.1, -0.05) is 68.8 Å². The molecule has 0 radical (unpaired) electrons. The first kappa shape index (κ1) is 49.3. The Bertz CT molecular complexity index is 2520. The topological polar surface area (TPSA) is 172 Å². The SMILES string of the molecule is CCC1(O)CC2CN(CCC3=C(Cc4ccccc43)[C@](C)(c3cc4c(cc3C)N(C)C3[C@@]45CCN4CC=C[C@@](CC)(C45)[C@H](O)[C@@]3(O)C(=O)NCCOC(=O)C3CCCN3C(=O)CCC(=O)OPF)C2)C1. The molecule has 378 valence electrons. The number of rotatable bonds is 12. The number of piperidine rings is 1. The zero-order chi connectivity index (χ0) is 49.5. The number of ether oxygens (including phenoxy) is 1. The summed E-state index contributed by atoms with van der Waals surface area (Å²) >= 11 is 0. The largest absolute Gasteiger partial charge is 0.462 e. The number of aliphatic hydroxyl groups excluding tert-OH is 1. The molecule has 16 heteroatoms. The molecule has 2 amide bonds. The average molecular weight is 984 g/mol. The molecule has 1 saturated carbocycles. The second-order valence-electron chi connectivity index (χ2n) is 22.2. The van der Waals surface area contributed by atoms with Crippen LogP contribution < -0.4 is 10.2 Å². The average Bonchev–Trinajstić information content (AvgIpc) is 4.14. The molecule has 4 N–H and O–H groups in total. The lowest BCUT2D eigenvalue weighted by Crippen LogP contribution is -2.81. The lowest BCUT2D eigenvalue weighted by molar-refractivity contribution is -0.203. The molecule has 6 aliphatic heterocycles. The van der Waals surface area contributed by atoms with Crippen molar-refractivity contribution in [1.29, 1.82) is 0 Å². The minimum Gasteiger partial charge on any atom is -0.462 e. The lowest BCUT2D eigenvalue weighted by Gasteiger charge is -2.63. The second-order valence-corrected chi connectivity index (χ2v) is 22.5. The van der Waals surface area contributed by atoms with Gasteiger partial charge in [-0.2, -0.15) is 4.20 Å². The molecule has 10 rings (SSSR count). The Kier molecular flexibility index (Phi) is 12.9. The van der Waals surface area contributed by atoms with Crippen LogP contribution in [0.2, 0.25) is 0 Å². The Morgan fingerprint density at radius 3 is 2.57 bits per heavy atom. The maximum Gasteiger partial charge on any atom is 0.328 e. The van der Waals surface area contributed by atoms with Crippen molar-refractivity contribution < 1.29 is 48.0 Å². The van der Waals surface area contributed by atoms with Crippen LogP contribution >= 0.6 is 9.12 Å². The van der Waals surface area contributed by atoms with Crippen molar-refractivity contribution >= 4 is 44.1 Å². The molecule has 2 bridgehead atoms. The highest BCUT2D eigenvalue weighted by Gasteiger charge is 2.78. The number of aliphatic hydroxyl groups is 3. The number of nitrogens with zero attached hydrogens (tertiary/aromatic N) is 4. The summed E-state index contributed by atoms with van der Waals surface area (Å²) in [6, 6.07) is 11.6. The fourth-order valence-electron chi connectivity index (χ4n) is 15.7. The van der Waals surface area contributed by atoms with E-state index >= 15 is 4.79 Å². The zero-order valence-electron chi connectivity index (χ0n) is 41.4. The number of anilines is 1. The molecule has 2 aromatic carbocycles. The van der Waals surface area contributed by atoms with E-state index in [1.165, 1.54) is 32.7 Å². The molecule has 1 spiro atoms. The van der Waals surface area contributed by atoms with Gasteiger partial charge in [-0.3, -0.25) is 24.2 Å². The van der Waals surface area contributed by atoms with Gasteiger partial charge >= 0.3 is 11.9 Å². The Morgan fingerprint density at radius 2 is 1.80 bits per heavy atom. The quantitative estimate of drug-likeness (QED) is 0.0954. The van der Waals surface area contributed by atoms with E-state index in [1.807, 2.05) is 14.0 Å². The summed E-state index contributed by atoms with van der Waals surface area (Å²) in [6.45, 7) is 12.6. The van der Waals surface area contributed by atoms with Gasteiger partial charge in [-0.05, 0) is 117 Å². The van der Waals surface area contributed by atoms with Crippen LogP contribution in [-0.2, 0) is 45.7 Å². The molecular formula is C54H71FN5O9P. The van der Waals surface area contributed by atoms with E-state index in [9.17, 15) is 33.9 Å². The third-order valence-corrected chi connectivity index (χ3v) is 18.9. The molecule has 7 unspecified atom stereocenters. The summed E-state index contributed by atoms with van der Waals surface area (Å²) in [5, 5.41) is 41.3. The maximum absolute atomic E-state index is 15.1. The number of likely N-dealkylation sites (tertiary alicyclic amines) is 1. The number of halogens is 1. The Morgan fingerprint density at radius 1 is 1.00 bits per heavy atom. The number of nitrogens with one attached hydrogen (secondary N) is 1. The van der Waals surface area contributed by atoms with Gasteiger partial charge in [0.2, 0.25) is 5.91 Å². The molecule has 70 heavy (non-hydrogen) atoms. The van der Waals surface area contributed by atoms with Gasteiger partial charge in [0.15, 0.2) is 5.60 Å². The van der Waals surface area contributed by atoms with Gasteiger partial charge in [0.25, 0.3) is 15.0 Å². The third-order valence-electron chi connectivity index (χ3n) is 18.6. The van der Waals surface area contributed by atoms with Crippen molar-refractivity contribution in [1.82, 2.24) is 20.0 Å². The summed E-state index contributed by atoms with van der Waals surface area (Å²) < 4.78 is 22.4. The van der Waals surface area contributed by atoms with Gasteiger partial charge in [0, 0.05) is 74.2 Å². The minimum atomic E-state index is -2.31. The van der Waals surface area contributed by atoms with Gasteiger partial charge in [0.1, 0.15) is 18.8 Å². The van der Waals surface area contributed by atoms with E-state index in [1.54, 1.807) is 0 Å². The number of hydrogen-bond acceptors (Lipinski definition) is 12. The van der Waals surface area contributed by atoms with Crippen molar-refractivity contribution in [2.75, 3.05) is 64.4 Å². The Hall–Kier alpha value is -4.24. The molecule has 4 fully saturated rings. The number of amides is 2. The van der Waals surface area contributed by atoms with Crippen LogP contribution in [0.15, 0.2) is 54.1 Å². The van der Waals surface area contributed by atoms with Gasteiger partial charge < -0.3 is 39.7 Å². The predicted octanol–water partition coefficient (Wildman–Crippen LogP) is 5.17.